The number of nitrogens with zero attached hydrogens (tertiary/aromatic N) is 1. The van der Waals surface area contributed by atoms with E-state index in [1.807, 2.05) is 0 Å². The van der Waals surface area contributed by atoms with Crippen LogP contribution in [0.1, 0.15) is 12.8 Å². The minimum Gasteiger partial charge on any atom is -0.444 e. The molecule has 3 unspecified atom stereocenters. The van der Waals surface area contributed by atoms with Gasteiger partial charge in [0.2, 0.25) is 0 Å². The maximum absolute atomic E-state index is 11.8. The number of alkyl halides is 1. The molecule has 1 fully saturated rings. The molecule has 0 aromatic rings. The van der Waals surface area contributed by atoms with Crippen LogP contribution in [-0.2, 0) is 9.47 Å². The summed E-state index contributed by atoms with van der Waals surface area (Å²) in [5, 5.41) is 3.40. The second kappa shape index (κ2) is 6.86. The molecule has 1 amide bonds. The highest BCUT2D eigenvalue weighted by Crippen LogP contribution is 2.29. The maximum atomic E-state index is 11.8. The zero-order valence-electron chi connectivity index (χ0n) is 12.6. The fraction of sp³-hybridized carbons (Fsp3) is 0.562. The van der Waals surface area contributed by atoms with Crippen molar-refractivity contribution in [2.75, 3.05) is 26.8 Å². The lowest BCUT2D eigenvalue weighted by atomic mass is 9.91. The van der Waals surface area contributed by atoms with E-state index in [2.05, 4.69) is 29.6 Å². The Morgan fingerprint density at radius 3 is 3.23 bits per heavy atom. The number of allylic oxidation sites excluding steroid dienone is 2. The molecule has 2 heterocycles. The monoisotopic (exact) mass is 324 g/mol. The molecular weight excluding hydrogens is 304 g/mol. The van der Waals surface area contributed by atoms with Crippen molar-refractivity contribution in [3.05, 3.63) is 35.5 Å². The van der Waals surface area contributed by atoms with Gasteiger partial charge in [-0.15, -0.1) is 11.6 Å². The van der Waals surface area contributed by atoms with E-state index in [1.165, 1.54) is 5.57 Å². The topological polar surface area (TPSA) is 50.8 Å². The van der Waals surface area contributed by atoms with Crippen LogP contribution in [0.25, 0.3) is 0 Å². The van der Waals surface area contributed by atoms with Gasteiger partial charge in [0.25, 0.3) is 0 Å². The van der Waals surface area contributed by atoms with E-state index in [1.54, 1.807) is 12.0 Å². The van der Waals surface area contributed by atoms with Gasteiger partial charge in [0.1, 0.15) is 11.6 Å². The Morgan fingerprint density at radius 2 is 2.41 bits per heavy atom. The van der Waals surface area contributed by atoms with Gasteiger partial charge in [-0.05, 0) is 17.6 Å². The van der Waals surface area contributed by atoms with Gasteiger partial charge in [-0.2, -0.15) is 0 Å². The molecule has 3 atom stereocenters. The summed E-state index contributed by atoms with van der Waals surface area (Å²) in [7, 11) is 1.62. The van der Waals surface area contributed by atoms with Gasteiger partial charge < -0.3 is 14.4 Å². The third-order valence-corrected chi connectivity index (χ3v) is 4.61. The number of hydrogen-bond donors (Lipinski definition) is 1. The lowest BCUT2D eigenvalue weighted by molar-refractivity contribution is 0.125. The molecule has 3 aliphatic rings. The molecule has 0 aromatic carbocycles. The minimum atomic E-state index is -0.268. The number of cyclic esters (lactones) is 1. The first kappa shape index (κ1) is 15.6. The van der Waals surface area contributed by atoms with Gasteiger partial charge in [-0.1, -0.05) is 24.3 Å². The average molecular weight is 325 g/mol. The summed E-state index contributed by atoms with van der Waals surface area (Å²) >= 11 is 6.43. The number of halogens is 1. The van der Waals surface area contributed by atoms with E-state index in [-0.39, 0.29) is 17.7 Å². The Hall–Kier alpha value is -1.30. The number of carbonyl (C=O) groups is 1. The highest BCUT2D eigenvalue weighted by Gasteiger charge is 2.34. The second-order valence-electron chi connectivity index (χ2n) is 5.78. The fourth-order valence-corrected chi connectivity index (χ4v) is 3.32. The molecule has 6 heteroatoms. The average Bonchev–Trinajstić information content (AvgIpc) is 2.85. The van der Waals surface area contributed by atoms with Crippen LogP contribution in [-0.4, -0.2) is 55.4 Å². The molecule has 1 saturated heterocycles. The molecule has 1 N–H and O–H groups in total. The van der Waals surface area contributed by atoms with Gasteiger partial charge in [-0.25, -0.2) is 4.79 Å². The van der Waals surface area contributed by atoms with Crippen LogP contribution < -0.4 is 5.32 Å². The van der Waals surface area contributed by atoms with Crippen LogP contribution in [0.4, 0.5) is 4.79 Å². The van der Waals surface area contributed by atoms with Crippen molar-refractivity contribution in [3.63, 3.8) is 0 Å². The molecule has 0 bridgehead atoms. The molecule has 2 aliphatic heterocycles. The number of ether oxygens (including phenoxy) is 2. The van der Waals surface area contributed by atoms with Crippen LogP contribution in [0.2, 0.25) is 0 Å². The summed E-state index contributed by atoms with van der Waals surface area (Å²) in [6.45, 7) is 1.67. The van der Waals surface area contributed by atoms with Crippen molar-refractivity contribution in [3.8, 4) is 0 Å². The molecule has 5 nitrogen and oxygen atoms in total. The van der Waals surface area contributed by atoms with E-state index in [0.717, 1.165) is 12.0 Å². The Kier molecular flexibility index (Phi) is 4.86. The van der Waals surface area contributed by atoms with Crippen LogP contribution in [0, 0.1) is 0 Å². The van der Waals surface area contributed by atoms with Crippen molar-refractivity contribution in [1.29, 1.82) is 0 Å². The second-order valence-corrected chi connectivity index (χ2v) is 6.22. The van der Waals surface area contributed by atoms with E-state index < -0.39 is 0 Å². The maximum Gasteiger partial charge on any atom is 0.410 e. The van der Waals surface area contributed by atoms with Crippen molar-refractivity contribution in [1.82, 2.24) is 10.2 Å². The standard InChI is InChI=1S/C16H21ClN2O3/c1-21-7-6-19-10-13(22-16(19)20)9-12-8-11-4-2-3-5-14(11)18-15(12)17/h2-4,8,13-15,18H,5-7,9-10H2,1H3. The quantitative estimate of drug-likeness (QED) is 0.622. The summed E-state index contributed by atoms with van der Waals surface area (Å²) < 4.78 is 10.4. The lowest BCUT2D eigenvalue weighted by Gasteiger charge is -2.31. The number of hydrogen-bond acceptors (Lipinski definition) is 4. The predicted molar refractivity (Wildman–Crippen MR) is 84.8 cm³/mol. The number of amides is 1. The van der Waals surface area contributed by atoms with Gasteiger partial charge in [0.15, 0.2) is 0 Å². The molecule has 0 radical (unpaired) electrons. The Bertz CT molecular complexity index is 529. The molecule has 3 rings (SSSR count). The number of fused-ring (bicyclic) bond motifs is 1. The fourth-order valence-electron chi connectivity index (χ4n) is 3.02. The van der Waals surface area contributed by atoms with Crippen molar-refractivity contribution < 1.29 is 14.3 Å². The molecular formula is C16H21ClN2O3. The molecule has 22 heavy (non-hydrogen) atoms. The molecule has 0 saturated carbocycles. The van der Waals surface area contributed by atoms with Crippen molar-refractivity contribution in [2.45, 2.75) is 30.5 Å². The van der Waals surface area contributed by atoms with Crippen LogP contribution >= 0.6 is 11.6 Å². The Morgan fingerprint density at radius 1 is 1.55 bits per heavy atom. The van der Waals surface area contributed by atoms with Crippen molar-refractivity contribution >= 4 is 17.7 Å². The summed E-state index contributed by atoms with van der Waals surface area (Å²) in [6, 6.07) is 0.292. The van der Waals surface area contributed by atoms with Gasteiger partial charge in [0, 0.05) is 26.1 Å². The first-order valence-electron chi connectivity index (χ1n) is 7.59. The summed E-state index contributed by atoms with van der Waals surface area (Å²) in [6.07, 6.45) is 9.66. The Labute approximate surface area is 135 Å². The highest BCUT2D eigenvalue weighted by molar-refractivity contribution is 6.22. The van der Waals surface area contributed by atoms with Crippen LogP contribution in [0.15, 0.2) is 35.5 Å². The smallest absolute Gasteiger partial charge is 0.410 e. The van der Waals surface area contributed by atoms with E-state index in [4.69, 9.17) is 21.1 Å². The first-order chi connectivity index (χ1) is 10.7. The summed E-state index contributed by atoms with van der Waals surface area (Å²) in [4.78, 5) is 13.5. The summed E-state index contributed by atoms with van der Waals surface area (Å²) in [5.74, 6) is 0. The third kappa shape index (κ3) is 3.37. The van der Waals surface area contributed by atoms with E-state index in [0.29, 0.717) is 32.2 Å². The number of carbonyl (C=O) groups excluding carboxylic acids is 1. The normalized spacial score (nSPS) is 30.7. The lowest BCUT2D eigenvalue weighted by Crippen LogP contribution is -2.41. The molecule has 0 aromatic heterocycles. The molecule has 1 aliphatic carbocycles. The van der Waals surface area contributed by atoms with E-state index in [9.17, 15) is 4.79 Å². The zero-order valence-corrected chi connectivity index (χ0v) is 13.4. The van der Waals surface area contributed by atoms with Gasteiger partial charge in [0.05, 0.1) is 13.2 Å². The van der Waals surface area contributed by atoms with Crippen LogP contribution in [0.5, 0.6) is 0 Å². The van der Waals surface area contributed by atoms with Gasteiger partial charge >= 0.3 is 6.09 Å². The van der Waals surface area contributed by atoms with E-state index >= 15 is 0 Å². The molecule has 120 valence electrons. The zero-order chi connectivity index (χ0) is 15.5. The first-order valence-corrected chi connectivity index (χ1v) is 8.03. The third-order valence-electron chi connectivity index (χ3n) is 4.20. The predicted octanol–water partition coefficient (Wildman–Crippen LogP) is 2.19. The minimum absolute atomic E-state index is 0.144. The van der Waals surface area contributed by atoms with Crippen molar-refractivity contribution in [2.24, 2.45) is 0 Å². The Balaban J connectivity index is 1.63. The largest absolute Gasteiger partial charge is 0.444 e. The van der Waals surface area contributed by atoms with Gasteiger partial charge in [-0.3, -0.25) is 5.32 Å². The highest BCUT2D eigenvalue weighted by atomic mass is 35.5. The number of methoxy groups -OCH3 is 1. The number of nitrogens with one attached hydrogen (secondary N) is 1. The number of rotatable bonds is 5. The summed E-state index contributed by atoms with van der Waals surface area (Å²) in [5.41, 5.74) is 2.11. The molecule has 0 spiro atoms. The SMILES string of the molecule is COCCN1CC(CC2=CC3=CC=CCC3NC2Cl)OC1=O. The van der Waals surface area contributed by atoms with Crippen LogP contribution in [0.3, 0.4) is 0 Å².